The van der Waals surface area contributed by atoms with E-state index >= 15 is 0 Å². The summed E-state index contributed by atoms with van der Waals surface area (Å²) in [6.07, 6.45) is 0.834. The SMILES string of the molecule is Cc1ccccc1C(=O)N1CCC2(C1)NCc1ccccc1NC2=NC(C)(C)C. The number of amides is 1. The van der Waals surface area contributed by atoms with Gasteiger partial charge in [-0.05, 0) is 57.4 Å². The van der Waals surface area contributed by atoms with E-state index in [1.165, 1.54) is 5.56 Å². The van der Waals surface area contributed by atoms with Crippen LogP contribution in [0.3, 0.4) is 0 Å². The number of likely N-dealkylation sites (tertiary alicyclic amines) is 1. The molecule has 0 bridgehead atoms. The maximum absolute atomic E-state index is 13.2. The molecule has 29 heavy (non-hydrogen) atoms. The largest absolute Gasteiger partial charge is 0.342 e. The van der Waals surface area contributed by atoms with Crippen LogP contribution in [-0.4, -0.2) is 40.8 Å². The molecule has 2 aromatic rings. The number of nitrogens with one attached hydrogen (secondary N) is 2. The lowest BCUT2D eigenvalue weighted by molar-refractivity contribution is 0.0785. The Balaban J connectivity index is 1.67. The van der Waals surface area contributed by atoms with Gasteiger partial charge in [0.15, 0.2) is 0 Å². The van der Waals surface area contributed by atoms with E-state index in [4.69, 9.17) is 4.99 Å². The Labute approximate surface area is 173 Å². The first-order valence-corrected chi connectivity index (χ1v) is 10.3. The molecule has 1 atom stereocenters. The van der Waals surface area contributed by atoms with Crippen molar-refractivity contribution >= 4 is 17.4 Å². The Kier molecular flexibility index (Phi) is 4.95. The summed E-state index contributed by atoms with van der Waals surface area (Å²) >= 11 is 0. The molecule has 1 saturated heterocycles. The average molecular weight is 391 g/mol. The molecule has 2 heterocycles. The first-order chi connectivity index (χ1) is 13.8. The maximum Gasteiger partial charge on any atom is 0.254 e. The molecule has 1 unspecified atom stereocenters. The number of amidine groups is 1. The third kappa shape index (κ3) is 3.92. The monoisotopic (exact) mass is 390 g/mol. The van der Waals surface area contributed by atoms with Crippen molar-refractivity contribution in [2.75, 3.05) is 18.4 Å². The Bertz CT molecular complexity index is 959. The summed E-state index contributed by atoms with van der Waals surface area (Å²) in [6, 6.07) is 16.1. The normalized spacial score (nSPS) is 23.0. The molecule has 0 radical (unpaired) electrons. The molecule has 0 saturated carbocycles. The highest BCUT2D eigenvalue weighted by molar-refractivity contribution is 6.05. The van der Waals surface area contributed by atoms with E-state index in [0.717, 1.165) is 35.6 Å². The number of para-hydroxylation sites is 1. The summed E-state index contributed by atoms with van der Waals surface area (Å²) in [5, 5.41) is 7.36. The van der Waals surface area contributed by atoms with Crippen molar-refractivity contribution in [1.82, 2.24) is 10.2 Å². The molecule has 5 nitrogen and oxygen atoms in total. The lowest BCUT2D eigenvalue weighted by Gasteiger charge is -2.32. The second-order valence-corrected chi connectivity index (χ2v) is 9.14. The molecule has 1 spiro atoms. The second kappa shape index (κ2) is 7.30. The Morgan fingerprint density at radius 1 is 1.10 bits per heavy atom. The minimum absolute atomic E-state index is 0.0960. The maximum atomic E-state index is 13.2. The van der Waals surface area contributed by atoms with Crippen molar-refractivity contribution in [3.63, 3.8) is 0 Å². The van der Waals surface area contributed by atoms with Crippen molar-refractivity contribution in [3.05, 3.63) is 65.2 Å². The molecule has 1 fully saturated rings. The number of benzene rings is 2. The Morgan fingerprint density at radius 3 is 2.59 bits per heavy atom. The zero-order chi connectivity index (χ0) is 20.6. The molecule has 0 aromatic heterocycles. The Morgan fingerprint density at radius 2 is 1.83 bits per heavy atom. The smallest absolute Gasteiger partial charge is 0.254 e. The number of carbonyl (C=O) groups excluding carboxylic acids is 1. The molecule has 4 rings (SSSR count). The summed E-state index contributed by atoms with van der Waals surface area (Å²) < 4.78 is 0. The summed E-state index contributed by atoms with van der Waals surface area (Å²) in [4.78, 5) is 20.2. The van der Waals surface area contributed by atoms with Crippen LogP contribution >= 0.6 is 0 Å². The van der Waals surface area contributed by atoms with E-state index in [1.807, 2.05) is 42.2 Å². The van der Waals surface area contributed by atoms with Crippen LogP contribution in [-0.2, 0) is 6.54 Å². The first-order valence-electron chi connectivity index (χ1n) is 10.3. The van der Waals surface area contributed by atoms with Gasteiger partial charge in [-0.15, -0.1) is 0 Å². The zero-order valence-corrected chi connectivity index (χ0v) is 17.7. The minimum Gasteiger partial charge on any atom is -0.342 e. The first kappa shape index (κ1) is 19.6. The highest BCUT2D eigenvalue weighted by Crippen LogP contribution is 2.31. The number of aryl methyl sites for hydroxylation is 1. The molecule has 2 aromatic carbocycles. The number of hydrogen-bond donors (Lipinski definition) is 2. The quantitative estimate of drug-likeness (QED) is 0.774. The van der Waals surface area contributed by atoms with Gasteiger partial charge in [0.1, 0.15) is 5.84 Å². The van der Waals surface area contributed by atoms with Gasteiger partial charge < -0.3 is 10.2 Å². The van der Waals surface area contributed by atoms with Crippen molar-refractivity contribution in [1.29, 1.82) is 0 Å². The zero-order valence-electron chi connectivity index (χ0n) is 17.7. The Hall–Kier alpha value is -2.66. The van der Waals surface area contributed by atoms with Crippen molar-refractivity contribution in [2.45, 2.75) is 51.7 Å². The topological polar surface area (TPSA) is 56.7 Å². The number of carbonyl (C=O) groups is 1. The van der Waals surface area contributed by atoms with Gasteiger partial charge in [0.25, 0.3) is 5.91 Å². The van der Waals surface area contributed by atoms with Crippen molar-refractivity contribution in [2.24, 2.45) is 4.99 Å². The third-order valence-corrected chi connectivity index (χ3v) is 5.72. The van der Waals surface area contributed by atoms with Crippen LogP contribution in [0.25, 0.3) is 0 Å². The third-order valence-electron chi connectivity index (χ3n) is 5.72. The molecule has 5 heteroatoms. The summed E-state index contributed by atoms with van der Waals surface area (Å²) in [6.45, 7) is 10.4. The number of hydrogen-bond acceptors (Lipinski definition) is 3. The summed E-state index contributed by atoms with van der Waals surface area (Å²) in [7, 11) is 0. The van der Waals surface area contributed by atoms with E-state index in [2.05, 4.69) is 49.6 Å². The molecule has 2 N–H and O–H groups in total. The fourth-order valence-corrected chi connectivity index (χ4v) is 4.17. The number of nitrogens with zero attached hydrogens (tertiary/aromatic N) is 2. The van der Waals surface area contributed by atoms with Crippen molar-refractivity contribution < 1.29 is 4.79 Å². The molecule has 152 valence electrons. The van der Waals surface area contributed by atoms with Crippen LogP contribution in [0.1, 0.15) is 48.7 Å². The number of anilines is 1. The van der Waals surface area contributed by atoms with Gasteiger partial charge in [-0.2, -0.15) is 0 Å². The van der Waals surface area contributed by atoms with Gasteiger partial charge in [-0.25, -0.2) is 0 Å². The van der Waals surface area contributed by atoms with E-state index < -0.39 is 0 Å². The summed E-state index contributed by atoms with van der Waals surface area (Å²) in [5.74, 6) is 1.02. The predicted octanol–water partition coefficient (Wildman–Crippen LogP) is 3.99. The fourth-order valence-electron chi connectivity index (χ4n) is 4.17. The van der Waals surface area contributed by atoms with Crippen LogP contribution in [0, 0.1) is 6.92 Å². The van der Waals surface area contributed by atoms with Crippen LogP contribution in [0.15, 0.2) is 53.5 Å². The van der Waals surface area contributed by atoms with Gasteiger partial charge in [0, 0.05) is 30.9 Å². The molecule has 0 aliphatic carbocycles. The van der Waals surface area contributed by atoms with Crippen LogP contribution in [0.4, 0.5) is 5.69 Å². The average Bonchev–Trinajstić information content (AvgIpc) is 3.05. The lowest BCUT2D eigenvalue weighted by atomic mass is 9.95. The highest BCUT2D eigenvalue weighted by Gasteiger charge is 2.46. The lowest BCUT2D eigenvalue weighted by Crippen LogP contribution is -2.56. The number of fused-ring (bicyclic) bond motifs is 1. The predicted molar refractivity (Wildman–Crippen MR) is 119 cm³/mol. The van der Waals surface area contributed by atoms with Crippen LogP contribution in [0.5, 0.6) is 0 Å². The van der Waals surface area contributed by atoms with Crippen molar-refractivity contribution in [3.8, 4) is 0 Å². The molecule has 2 aliphatic heterocycles. The van der Waals surface area contributed by atoms with E-state index in [0.29, 0.717) is 13.1 Å². The molecule has 1 amide bonds. The fraction of sp³-hybridized carbons (Fsp3) is 0.417. The van der Waals surface area contributed by atoms with Crippen LogP contribution in [0.2, 0.25) is 0 Å². The van der Waals surface area contributed by atoms with Gasteiger partial charge >= 0.3 is 0 Å². The minimum atomic E-state index is -0.370. The molecule has 2 aliphatic rings. The molecular weight excluding hydrogens is 360 g/mol. The number of aliphatic imine (C=N–C) groups is 1. The number of rotatable bonds is 1. The standard InChI is InChI=1S/C24H30N4O/c1-17-9-5-7-11-19(17)21(29)28-14-13-24(16-28)22(27-23(2,3)4)26-20-12-8-6-10-18(20)15-25-24/h5-12,25H,13-16H2,1-4H3,(H,26,27). The highest BCUT2D eigenvalue weighted by atomic mass is 16.2. The van der Waals surface area contributed by atoms with E-state index in [1.54, 1.807) is 0 Å². The molecular formula is C24H30N4O. The van der Waals surface area contributed by atoms with Gasteiger partial charge in [0.05, 0.1) is 11.1 Å². The van der Waals surface area contributed by atoms with Gasteiger partial charge in [0.2, 0.25) is 0 Å². The van der Waals surface area contributed by atoms with Crippen LogP contribution < -0.4 is 10.6 Å². The van der Waals surface area contributed by atoms with Gasteiger partial charge in [-0.1, -0.05) is 36.4 Å². The van der Waals surface area contributed by atoms with Gasteiger partial charge in [-0.3, -0.25) is 15.1 Å². The van der Waals surface area contributed by atoms with E-state index in [9.17, 15) is 4.79 Å². The van der Waals surface area contributed by atoms with E-state index in [-0.39, 0.29) is 17.0 Å². The second-order valence-electron chi connectivity index (χ2n) is 9.14. The summed E-state index contributed by atoms with van der Waals surface area (Å²) in [5.41, 5.74) is 3.51.